The Morgan fingerprint density at radius 3 is 2.56 bits per heavy atom. The molecule has 2 aromatic carbocycles. The molecule has 0 spiro atoms. The fourth-order valence-corrected chi connectivity index (χ4v) is 2.72. The van der Waals surface area contributed by atoms with Gasteiger partial charge in [0.2, 0.25) is 0 Å². The SMILES string of the molecule is O=C1Nc2ccc(I)cc2C1(O)c1ccccc1. The van der Waals surface area contributed by atoms with Crippen molar-refractivity contribution in [3.63, 3.8) is 0 Å². The second-order valence-electron chi connectivity index (χ2n) is 4.22. The molecule has 0 aromatic heterocycles. The molecule has 2 N–H and O–H groups in total. The summed E-state index contributed by atoms with van der Waals surface area (Å²) >= 11 is 2.17. The minimum absolute atomic E-state index is 0.397. The van der Waals surface area contributed by atoms with E-state index < -0.39 is 11.5 Å². The molecule has 0 bridgehead atoms. The molecule has 4 heteroatoms. The highest BCUT2D eigenvalue weighted by molar-refractivity contribution is 14.1. The van der Waals surface area contributed by atoms with Gasteiger partial charge >= 0.3 is 0 Å². The van der Waals surface area contributed by atoms with Gasteiger partial charge in [0, 0.05) is 14.8 Å². The van der Waals surface area contributed by atoms with E-state index in [-0.39, 0.29) is 0 Å². The number of aliphatic hydroxyl groups is 1. The van der Waals surface area contributed by atoms with Crippen molar-refractivity contribution in [1.82, 2.24) is 0 Å². The van der Waals surface area contributed by atoms with Gasteiger partial charge in [-0.15, -0.1) is 0 Å². The summed E-state index contributed by atoms with van der Waals surface area (Å²) in [5.74, 6) is -0.397. The molecule has 1 heterocycles. The molecule has 1 amide bonds. The number of carbonyl (C=O) groups is 1. The molecular weight excluding hydrogens is 341 g/mol. The number of amides is 1. The number of benzene rings is 2. The van der Waals surface area contributed by atoms with Crippen molar-refractivity contribution in [2.75, 3.05) is 5.32 Å². The Bertz CT molecular complexity index is 627. The predicted molar refractivity (Wildman–Crippen MR) is 77.2 cm³/mol. The van der Waals surface area contributed by atoms with Crippen molar-refractivity contribution in [1.29, 1.82) is 0 Å². The Balaban J connectivity index is 2.25. The first kappa shape index (κ1) is 11.7. The molecule has 0 saturated heterocycles. The van der Waals surface area contributed by atoms with Crippen molar-refractivity contribution in [2.24, 2.45) is 0 Å². The van der Waals surface area contributed by atoms with Crippen LogP contribution in [0.2, 0.25) is 0 Å². The van der Waals surface area contributed by atoms with Crippen LogP contribution >= 0.6 is 22.6 Å². The summed E-state index contributed by atoms with van der Waals surface area (Å²) in [6.45, 7) is 0. The second-order valence-corrected chi connectivity index (χ2v) is 5.47. The highest BCUT2D eigenvalue weighted by Gasteiger charge is 2.46. The molecule has 0 aliphatic carbocycles. The van der Waals surface area contributed by atoms with Crippen LogP contribution in [0.5, 0.6) is 0 Å². The van der Waals surface area contributed by atoms with Gasteiger partial charge in [-0.05, 0) is 46.4 Å². The second kappa shape index (κ2) is 4.07. The summed E-state index contributed by atoms with van der Waals surface area (Å²) < 4.78 is 0.984. The number of rotatable bonds is 1. The van der Waals surface area contributed by atoms with Gasteiger partial charge in [-0.25, -0.2) is 0 Å². The van der Waals surface area contributed by atoms with Crippen LogP contribution in [0.1, 0.15) is 11.1 Å². The van der Waals surface area contributed by atoms with E-state index in [1.54, 1.807) is 12.1 Å². The predicted octanol–water partition coefficient (Wildman–Crippen LogP) is 2.48. The van der Waals surface area contributed by atoms with Gasteiger partial charge in [-0.2, -0.15) is 0 Å². The summed E-state index contributed by atoms with van der Waals surface area (Å²) in [5.41, 5.74) is 0.290. The normalized spacial score (nSPS) is 21.6. The Morgan fingerprint density at radius 1 is 1.11 bits per heavy atom. The van der Waals surface area contributed by atoms with E-state index in [0.29, 0.717) is 16.8 Å². The lowest BCUT2D eigenvalue weighted by atomic mass is 9.88. The summed E-state index contributed by atoms with van der Waals surface area (Å²) in [5, 5.41) is 13.5. The topological polar surface area (TPSA) is 49.3 Å². The number of hydrogen-bond donors (Lipinski definition) is 2. The number of carbonyl (C=O) groups excluding carboxylic acids is 1. The van der Waals surface area contributed by atoms with Crippen molar-refractivity contribution < 1.29 is 9.90 Å². The molecule has 1 aliphatic rings. The quantitative estimate of drug-likeness (QED) is 0.776. The molecule has 1 unspecified atom stereocenters. The van der Waals surface area contributed by atoms with Crippen LogP contribution in [-0.4, -0.2) is 11.0 Å². The minimum atomic E-state index is -1.59. The van der Waals surface area contributed by atoms with Crippen LogP contribution in [0.15, 0.2) is 48.5 Å². The maximum atomic E-state index is 12.1. The fraction of sp³-hybridized carbons (Fsp3) is 0.0714. The number of halogens is 1. The zero-order valence-corrected chi connectivity index (χ0v) is 11.5. The van der Waals surface area contributed by atoms with Crippen molar-refractivity contribution in [2.45, 2.75) is 5.60 Å². The lowest BCUT2D eigenvalue weighted by Gasteiger charge is -2.21. The van der Waals surface area contributed by atoms with Gasteiger partial charge in [0.1, 0.15) is 0 Å². The first-order valence-electron chi connectivity index (χ1n) is 5.52. The van der Waals surface area contributed by atoms with Crippen LogP contribution in [0.3, 0.4) is 0 Å². The van der Waals surface area contributed by atoms with Crippen LogP contribution < -0.4 is 5.32 Å². The molecule has 18 heavy (non-hydrogen) atoms. The first-order valence-corrected chi connectivity index (χ1v) is 6.59. The summed E-state index contributed by atoms with van der Waals surface area (Å²) in [6.07, 6.45) is 0. The van der Waals surface area contributed by atoms with E-state index in [1.165, 1.54) is 0 Å². The molecule has 3 rings (SSSR count). The molecular formula is C14H10INO2. The molecule has 0 radical (unpaired) electrons. The molecule has 3 nitrogen and oxygen atoms in total. The summed E-state index contributed by atoms with van der Waals surface area (Å²) in [7, 11) is 0. The van der Waals surface area contributed by atoms with Gasteiger partial charge < -0.3 is 10.4 Å². The molecule has 90 valence electrons. The fourth-order valence-electron chi connectivity index (χ4n) is 2.23. The average molecular weight is 351 g/mol. The monoisotopic (exact) mass is 351 g/mol. The Kier molecular flexibility index (Phi) is 2.64. The summed E-state index contributed by atoms with van der Waals surface area (Å²) in [4.78, 5) is 12.1. The van der Waals surface area contributed by atoms with Crippen LogP contribution in [-0.2, 0) is 10.4 Å². The van der Waals surface area contributed by atoms with E-state index >= 15 is 0 Å². The maximum absolute atomic E-state index is 12.1. The van der Waals surface area contributed by atoms with E-state index in [4.69, 9.17) is 0 Å². The van der Waals surface area contributed by atoms with Gasteiger partial charge in [0.25, 0.3) is 5.91 Å². The molecule has 1 atom stereocenters. The average Bonchev–Trinajstić information content (AvgIpc) is 2.64. The molecule has 2 aromatic rings. The van der Waals surface area contributed by atoms with Crippen molar-refractivity contribution in [3.05, 3.63) is 63.2 Å². The zero-order chi connectivity index (χ0) is 12.8. The molecule has 0 saturated carbocycles. The van der Waals surface area contributed by atoms with Crippen LogP contribution in [0.25, 0.3) is 0 Å². The van der Waals surface area contributed by atoms with Crippen LogP contribution in [0.4, 0.5) is 5.69 Å². The first-order chi connectivity index (χ1) is 8.62. The van der Waals surface area contributed by atoms with Crippen molar-refractivity contribution >= 4 is 34.2 Å². The Morgan fingerprint density at radius 2 is 1.83 bits per heavy atom. The number of fused-ring (bicyclic) bond motifs is 1. The highest BCUT2D eigenvalue weighted by Crippen LogP contribution is 2.41. The lowest BCUT2D eigenvalue weighted by molar-refractivity contribution is -0.129. The van der Waals surface area contributed by atoms with Gasteiger partial charge in [0.15, 0.2) is 5.60 Å². The minimum Gasteiger partial charge on any atom is -0.372 e. The Labute approximate surface area is 118 Å². The third-order valence-corrected chi connectivity index (χ3v) is 3.81. The Hall–Kier alpha value is -1.40. The zero-order valence-electron chi connectivity index (χ0n) is 9.35. The standard InChI is InChI=1S/C14H10INO2/c15-10-6-7-12-11(8-10)14(18,13(17)16-12)9-4-2-1-3-5-9/h1-8,18H,(H,16,17). The van der Waals surface area contributed by atoms with E-state index in [0.717, 1.165) is 3.57 Å². The number of anilines is 1. The van der Waals surface area contributed by atoms with E-state index in [2.05, 4.69) is 27.9 Å². The van der Waals surface area contributed by atoms with Gasteiger partial charge in [0.05, 0.1) is 0 Å². The lowest BCUT2D eigenvalue weighted by Crippen LogP contribution is -2.35. The highest BCUT2D eigenvalue weighted by atomic mass is 127. The van der Waals surface area contributed by atoms with Gasteiger partial charge in [-0.3, -0.25) is 4.79 Å². The number of nitrogens with one attached hydrogen (secondary N) is 1. The van der Waals surface area contributed by atoms with E-state index in [9.17, 15) is 9.90 Å². The maximum Gasteiger partial charge on any atom is 0.265 e. The van der Waals surface area contributed by atoms with Gasteiger partial charge in [-0.1, -0.05) is 30.3 Å². The van der Waals surface area contributed by atoms with Crippen molar-refractivity contribution in [3.8, 4) is 0 Å². The smallest absolute Gasteiger partial charge is 0.265 e. The third-order valence-electron chi connectivity index (χ3n) is 3.14. The number of hydrogen-bond acceptors (Lipinski definition) is 2. The molecule has 0 fully saturated rings. The van der Waals surface area contributed by atoms with Crippen LogP contribution in [0, 0.1) is 3.57 Å². The molecule has 1 aliphatic heterocycles. The summed E-state index contributed by atoms with van der Waals surface area (Å²) in [6, 6.07) is 14.5. The third kappa shape index (κ3) is 1.56. The largest absolute Gasteiger partial charge is 0.372 e. The van der Waals surface area contributed by atoms with E-state index in [1.807, 2.05) is 36.4 Å².